The summed E-state index contributed by atoms with van der Waals surface area (Å²) in [6.07, 6.45) is 1.45. The van der Waals surface area contributed by atoms with E-state index in [-0.39, 0.29) is 24.6 Å². The molecule has 1 aromatic rings. The number of hydrogen-bond donors (Lipinski definition) is 2. The van der Waals surface area contributed by atoms with Crippen molar-refractivity contribution in [2.45, 2.75) is 64.3 Å². The second-order valence-corrected chi connectivity index (χ2v) is 7.77. The molecule has 1 saturated carbocycles. The molecule has 1 aliphatic carbocycles. The molecular weight excluding hydrogens is 348 g/mol. The average molecular weight is 376 g/mol. The Balaban J connectivity index is 1.79. The molecule has 7 heteroatoms. The summed E-state index contributed by atoms with van der Waals surface area (Å²) in [5.74, 6) is -0.386. The van der Waals surface area contributed by atoms with E-state index in [0.717, 1.165) is 11.8 Å². The van der Waals surface area contributed by atoms with Gasteiger partial charge in [-0.2, -0.15) is 0 Å². The first kappa shape index (κ1) is 20.7. The van der Waals surface area contributed by atoms with Crippen LogP contribution in [-0.2, 0) is 20.9 Å². The molecule has 2 N–H and O–H groups in total. The van der Waals surface area contributed by atoms with Gasteiger partial charge in [0.25, 0.3) is 0 Å². The summed E-state index contributed by atoms with van der Waals surface area (Å²) in [5, 5.41) is 5.56. The fourth-order valence-electron chi connectivity index (χ4n) is 3.06. The third-order valence-corrected chi connectivity index (χ3v) is 4.31. The molecule has 2 amide bonds. The highest BCUT2D eigenvalue weighted by atomic mass is 16.6. The second kappa shape index (κ2) is 9.39. The van der Waals surface area contributed by atoms with Gasteiger partial charge in [0, 0.05) is 18.0 Å². The van der Waals surface area contributed by atoms with Crippen molar-refractivity contribution in [3.8, 4) is 0 Å². The lowest BCUT2D eigenvalue weighted by molar-refractivity contribution is -0.112. The van der Waals surface area contributed by atoms with Crippen LogP contribution in [0.25, 0.3) is 0 Å². The lowest BCUT2D eigenvalue weighted by atomic mass is 9.82. The van der Waals surface area contributed by atoms with Crippen molar-refractivity contribution >= 4 is 18.5 Å². The number of benzene rings is 1. The van der Waals surface area contributed by atoms with E-state index < -0.39 is 17.8 Å². The van der Waals surface area contributed by atoms with Gasteiger partial charge in [-0.1, -0.05) is 30.3 Å². The normalized spacial score (nSPS) is 22.4. The number of amides is 2. The third-order valence-electron chi connectivity index (χ3n) is 4.31. The Kier molecular flexibility index (Phi) is 7.21. The van der Waals surface area contributed by atoms with E-state index >= 15 is 0 Å². The molecule has 7 nitrogen and oxygen atoms in total. The standard InChI is InChI=1S/C20H28N2O5/c1-20(2,3)27-19(25)21-16-9-10-17(15(11-16)12-23)22-18(24)26-13-14-7-5-4-6-8-14/h4-8,12,15-17H,9-11,13H2,1-3H3,(H,21,25)(H,22,24)/t15-,16+,17-/m0/s1. The van der Waals surface area contributed by atoms with Crippen molar-refractivity contribution in [1.82, 2.24) is 10.6 Å². The van der Waals surface area contributed by atoms with Gasteiger partial charge in [0.05, 0.1) is 0 Å². The molecule has 2 rings (SSSR count). The summed E-state index contributed by atoms with van der Waals surface area (Å²) in [7, 11) is 0. The summed E-state index contributed by atoms with van der Waals surface area (Å²) in [5.41, 5.74) is 0.319. The molecule has 0 saturated heterocycles. The molecule has 0 unspecified atom stereocenters. The largest absolute Gasteiger partial charge is 0.445 e. The van der Waals surface area contributed by atoms with E-state index in [1.54, 1.807) is 20.8 Å². The van der Waals surface area contributed by atoms with E-state index in [2.05, 4.69) is 10.6 Å². The van der Waals surface area contributed by atoms with Crippen molar-refractivity contribution < 1.29 is 23.9 Å². The summed E-state index contributed by atoms with van der Waals surface area (Å²) in [4.78, 5) is 35.4. The molecule has 0 aromatic heterocycles. The van der Waals surface area contributed by atoms with Crippen LogP contribution >= 0.6 is 0 Å². The molecule has 0 spiro atoms. The number of ether oxygens (including phenoxy) is 2. The van der Waals surface area contributed by atoms with E-state index in [1.807, 2.05) is 30.3 Å². The Morgan fingerprint density at radius 2 is 1.81 bits per heavy atom. The lowest BCUT2D eigenvalue weighted by Gasteiger charge is -2.34. The predicted octanol–water partition coefficient (Wildman–Crippen LogP) is 3.17. The van der Waals surface area contributed by atoms with Crippen LogP contribution in [0.15, 0.2) is 30.3 Å². The smallest absolute Gasteiger partial charge is 0.407 e. The van der Waals surface area contributed by atoms with Crippen LogP contribution in [0.4, 0.5) is 9.59 Å². The van der Waals surface area contributed by atoms with Crippen LogP contribution < -0.4 is 10.6 Å². The Morgan fingerprint density at radius 1 is 1.11 bits per heavy atom. The second-order valence-electron chi connectivity index (χ2n) is 7.77. The number of nitrogens with one attached hydrogen (secondary N) is 2. The summed E-state index contributed by atoms with van der Waals surface area (Å²) in [6.45, 7) is 5.56. The molecule has 0 aliphatic heterocycles. The molecule has 148 valence electrons. The maximum absolute atomic E-state index is 12.0. The Hall–Kier alpha value is -2.57. The fraction of sp³-hybridized carbons (Fsp3) is 0.550. The first-order valence-corrected chi connectivity index (χ1v) is 9.19. The topological polar surface area (TPSA) is 93.7 Å². The minimum absolute atomic E-state index is 0.159. The number of aldehydes is 1. The molecule has 0 heterocycles. The highest BCUT2D eigenvalue weighted by molar-refractivity contribution is 5.70. The van der Waals surface area contributed by atoms with Crippen molar-refractivity contribution in [1.29, 1.82) is 0 Å². The van der Waals surface area contributed by atoms with Crippen molar-refractivity contribution in [3.05, 3.63) is 35.9 Å². The van der Waals surface area contributed by atoms with Crippen LogP contribution in [-0.4, -0.2) is 36.2 Å². The van der Waals surface area contributed by atoms with Crippen LogP contribution in [0.3, 0.4) is 0 Å². The minimum atomic E-state index is -0.574. The molecular formula is C20H28N2O5. The summed E-state index contributed by atoms with van der Waals surface area (Å²) in [6, 6.07) is 8.91. The third kappa shape index (κ3) is 7.29. The first-order chi connectivity index (χ1) is 12.8. The van der Waals surface area contributed by atoms with Gasteiger partial charge < -0.3 is 24.9 Å². The van der Waals surface area contributed by atoms with Gasteiger partial charge in [0.2, 0.25) is 0 Å². The number of carbonyl (C=O) groups excluding carboxylic acids is 3. The van der Waals surface area contributed by atoms with Gasteiger partial charge in [0.15, 0.2) is 0 Å². The van der Waals surface area contributed by atoms with Gasteiger partial charge in [-0.3, -0.25) is 0 Å². The molecule has 27 heavy (non-hydrogen) atoms. The zero-order chi connectivity index (χ0) is 19.9. The van der Waals surface area contributed by atoms with E-state index in [0.29, 0.717) is 19.3 Å². The number of hydrogen-bond acceptors (Lipinski definition) is 5. The minimum Gasteiger partial charge on any atom is -0.445 e. The van der Waals surface area contributed by atoms with Gasteiger partial charge in [0.1, 0.15) is 18.5 Å². The van der Waals surface area contributed by atoms with Crippen LogP contribution in [0.5, 0.6) is 0 Å². The fourth-order valence-corrected chi connectivity index (χ4v) is 3.06. The van der Waals surface area contributed by atoms with E-state index in [4.69, 9.17) is 9.47 Å². The van der Waals surface area contributed by atoms with Gasteiger partial charge in [-0.15, -0.1) is 0 Å². The van der Waals surface area contributed by atoms with Crippen molar-refractivity contribution in [3.63, 3.8) is 0 Å². The van der Waals surface area contributed by atoms with Crippen LogP contribution in [0.2, 0.25) is 0 Å². The number of rotatable bonds is 5. The van der Waals surface area contributed by atoms with Crippen LogP contribution in [0.1, 0.15) is 45.6 Å². The maximum Gasteiger partial charge on any atom is 0.407 e. The Labute approximate surface area is 159 Å². The van der Waals surface area contributed by atoms with Gasteiger partial charge in [-0.25, -0.2) is 9.59 Å². The highest BCUT2D eigenvalue weighted by Gasteiger charge is 2.33. The van der Waals surface area contributed by atoms with E-state index in [9.17, 15) is 14.4 Å². The number of carbonyl (C=O) groups is 3. The summed E-state index contributed by atoms with van der Waals surface area (Å²) >= 11 is 0. The van der Waals surface area contributed by atoms with Crippen LogP contribution in [0, 0.1) is 5.92 Å². The molecule has 1 fully saturated rings. The highest BCUT2D eigenvalue weighted by Crippen LogP contribution is 2.24. The monoisotopic (exact) mass is 376 g/mol. The summed E-state index contributed by atoms with van der Waals surface area (Å²) < 4.78 is 10.5. The molecule has 1 aliphatic rings. The van der Waals surface area contributed by atoms with Crippen molar-refractivity contribution in [2.24, 2.45) is 5.92 Å². The molecule has 0 radical (unpaired) electrons. The average Bonchev–Trinajstić information content (AvgIpc) is 2.60. The zero-order valence-corrected chi connectivity index (χ0v) is 16.1. The first-order valence-electron chi connectivity index (χ1n) is 9.19. The molecule has 1 aromatic carbocycles. The van der Waals surface area contributed by atoms with E-state index in [1.165, 1.54) is 0 Å². The van der Waals surface area contributed by atoms with Gasteiger partial charge in [-0.05, 0) is 45.6 Å². The molecule has 0 bridgehead atoms. The SMILES string of the molecule is CC(C)(C)OC(=O)N[C@@H]1CC[C@H](NC(=O)OCc2ccccc2)[C@H](C=O)C1. The lowest BCUT2D eigenvalue weighted by Crippen LogP contribution is -2.50. The Bertz CT molecular complexity index is 642. The van der Waals surface area contributed by atoms with Crippen molar-refractivity contribution in [2.75, 3.05) is 0 Å². The maximum atomic E-state index is 12.0. The zero-order valence-electron chi connectivity index (χ0n) is 16.1. The molecule has 3 atom stereocenters. The quantitative estimate of drug-likeness (QED) is 0.770. The number of alkyl carbamates (subject to hydrolysis) is 2. The Morgan fingerprint density at radius 3 is 2.44 bits per heavy atom. The van der Waals surface area contributed by atoms with Gasteiger partial charge >= 0.3 is 12.2 Å². The predicted molar refractivity (Wildman–Crippen MR) is 100 cm³/mol.